The zero-order valence-corrected chi connectivity index (χ0v) is 18.8. The lowest BCUT2D eigenvalue weighted by Crippen LogP contribution is -2.42. The molecule has 3 aromatic rings. The van der Waals surface area contributed by atoms with Gasteiger partial charge in [-0.3, -0.25) is 4.90 Å². The molecule has 0 heterocycles. The van der Waals surface area contributed by atoms with Crippen LogP contribution in [0.1, 0.15) is 5.56 Å². The highest BCUT2D eigenvalue weighted by molar-refractivity contribution is 9.10. The monoisotopic (exact) mass is 520 g/mol. The van der Waals surface area contributed by atoms with Crippen LogP contribution in [0, 0.1) is 0 Å². The third kappa shape index (κ3) is 7.25. The number of nitrogens with zero attached hydrogens (tertiary/aromatic N) is 1. The van der Waals surface area contributed by atoms with Crippen molar-refractivity contribution in [3.63, 3.8) is 0 Å². The predicted octanol–water partition coefficient (Wildman–Crippen LogP) is 6.33. The van der Waals surface area contributed by atoms with Crippen molar-refractivity contribution in [2.24, 2.45) is 0 Å². The first kappa shape index (κ1) is 24.1. The summed E-state index contributed by atoms with van der Waals surface area (Å²) in [7, 11) is 0. The molecule has 0 bridgehead atoms. The Labute approximate surface area is 196 Å². The molecule has 0 saturated carbocycles. The number of hydrogen-bond acceptors (Lipinski definition) is 2. The lowest BCUT2D eigenvalue weighted by molar-refractivity contribution is -0.137. The van der Waals surface area contributed by atoms with Gasteiger partial charge >= 0.3 is 18.2 Å². The van der Waals surface area contributed by atoms with E-state index in [-0.39, 0.29) is 18.8 Å². The number of hydrogen-bond donors (Lipinski definition) is 3. The molecule has 10 heteroatoms. The van der Waals surface area contributed by atoms with Crippen molar-refractivity contribution < 1.29 is 22.8 Å². The van der Waals surface area contributed by atoms with Crippen molar-refractivity contribution >= 4 is 45.1 Å². The fourth-order valence-electron chi connectivity index (χ4n) is 2.91. The highest BCUT2D eigenvalue weighted by Crippen LogP contribution is 2.30. The maximum Gasteiger partial charge on any atom is 0.416 e. The van der Waals surface area contributed by atoms with Gasteiger partial charge in [-0.05, 0) is 54.6 Å². The van der Waals surface area contributed by atoms with E-state index in [1.54, 1.807) is 54.6 Å². The largest absolute Gasteiger partial charge is 0.416 e. The molecule has 0 aromatic heterocycles. The number of anilines is 3. The average molecular weight is 521 g/mol. The van der Waals surface area contributed by atoms with Gasteiger partial charge in [0.05, 0.1) is 5.56 Å². The van der Waals surface area contributed by atoms with Gasteiger partial charge in [-0.25, -0.2) is 9.59 Å². The van der Waals surface area contributed by atoms with Crippen molar-refractivity contribution in [3.8, 4) is 0 Å². The van der Waals surface area contributed by atoms with Gasteiger partial charge in [0.15, 0.2) is 0 Å². The van der Waals surface area contributed by atoms with Crippen LogP contribution in [0.15, 0.2) is 83.3 Å². The minimum absolute atomic E-state index is 0.0108. The van der Waals surface area contributed by atoms with Crippen LogP contribution in [-0.2, 0) is 6.18 Å². The van der Waals surface area contributed by atoms with E-state index in [0.29, 0.717) is 11.4 Å². The zero-order chi connectivity index (χ0) is 23.8. The number of alkyl halides is 3. The van der Waals surface area contributed by atoms with Gasteiger partial charge in [0.1, 0.15) is 0 Å². The molecule has 0 saturated heterocycles. The summed E-state index contributed by atoms with van der Waals surface area (Å²) in [4.78, 5) is 26.4. The highest BCUT2D eigenvalue weighted by Gasteiger charge is 2.30. The van der Waals surface area contributed by atoms with Gasteiger partial charge in [0.25, 0.3) is 0 Å². The minimum Gasteiger partial charge on any atom is -0.336 e. The summed E-state index contributed by atoms with van der Waals surface area (Å²) in [6, 6.07) is 18.9. The summed E-state index contributed by atoms with van der Waals surface area (Å²) >= 11 is 3.32. The number of halogens is 4. The fraction of sp³-hybridized carbons (Fsp3) is 0.130. The Hall–Kier alpha value is -3.53. The number of benzene rings is 3. The van der Waals surface area contributed by atoms with E-state index in [9.17, 15) is 22.8 Å². The zero-order valence-electron chi connectivity index (χ0n) is 17.2. The molecule has 33 heavy (non-hydrogen) atoms. The molecule has 0 radical (unpaired) electrons. The maximum absolute atomic E-state index is 13.0. The van der Waals surface area contributed by atoms with Gasteiger partial charge < -0.3 is 16.0 Å². The van der Waals surface area contributed by atoms with Crippen molar-refractivity contribution in [2.45, 2.75) is 6.18 Å². The lowest BCUT2D eigenvalue weighted by Gasteiger charge is -2.23. The Morgan fingerprint density at radius 1 is 0.848 bits per heavy atom. The lowest BCUT2D eigenvalue weighted by atomic mass is 10.2. The predicted molar refractivity (Wildman–Crippen MR) is 125 cm³/mol. The molecule has 0 atom stereocenters. The van der Waals surface area contributed by atoms with Crippen molar-refractivity contribution in [2.75, 3.05) is 28.6 Å². The highest BCUT2D eigenvalue weighted by atomic mass is 79.9. The molecule has 0 fully saturated rings. The topological polar surface area (TPSA) is 73.5 Å². The molecule has 0 aliphatic carbocycles. The molecular formula is C23H20BrF3N4O2. The van der Waals surface area contributed by atoms with E-state index in [1.807, 2.05) is 0 Å². The van der Waals surface area contributed by atoms with Crippen LogP contribution < -0.4 is 20.9 Å². The van der Waals surface area contributed by atoms with E-state index in [1.165, 1.54) is 17.0 Å². The maximum atomic E-state index is 13.0. The standard InChI is InChI=1S/C23H20BrF3N4O2/c24-17-9-11-18(12-10-17)29-21(32)28-13-14-31(20-7-2-1-3-8-20)22(33)30-19-6-4-5-16(15-19)23(25,26)27/h1-12,15H,13-14H2,(H,30,33)(H2,28,29,32). The molecule has 172 valence electrons. The molecule has 0 spiro atoms. The Bertz CT molecular complexity index is 1090. The fourth-order valence-corrected chi connectivity index (χ4v) is 3.17. The van der Waals surface area contributed by atoms with Gasteiger partial charge in [0, 0.05) is 34.6 Å². The average Bonchev–Trinajstić information content (AvgIpc) is 2.78. The Morgan fingerprint density at radius 2 is 1.55 bits per heavy atom. The van der Waals surface area contributed by atoms with Gasteiger partial charge in [-0.1, -0.05) is 40.2 Å². The van der Waals surface area contributed by atoms with Gasteiger partial charge in [0.2, 0.25) is 0 Å². The Morgan fingerprint density at radius 3 is 2.21 bits per heavy atom. The number of nitrogens with one attached hydrogen (secondary N) is 3. The van der Waals surface area contributed by atoms with Crippen LogP contribution in [0.4, 0.5) is 39.8 Å². The van der Waals surface area contributed by atoms with E-state index in [2.05, 4.69) is 31.9 Å². The van der Waals surface area contributed by atoms with Crippen LogP contribution in [0.3, 0.4) is 0 Å². The van der Waals surface area contributed by atoms with Crippen LogP contribution in [-0.4, -0.2) is 25.2 Å². The molecule has 0 unspecified atom stereocenters. The molecule has 4 amide bonds. The summed E-state index contributed by atoms with van der Waals surface area (Å²) in [6.07, 6.45) is -4.52. The Balaban J connectivity index is 1.64. The first-order chi connectivity index (χ1) is 15.7. The number of para-hydroxylation sites is 1. The summed E-state index contributed by atoms with van der Waals surface area (Å²) in [5, 5.41) is 7.83. The van der Waals surface area contributed by atoms with E-state index in [0.717, 1.165) is 16.6 Å². The van der Waals surface area contributed by atoms with Gasteiger partial charge in [-0.15, -0.1) is 0 Å². The van der Waals surface area contributed by atoms with E-state index < -0.39 is 23.8 Å². The van der Waals surface area contributed by atoms with E-state index >= 15 is 0 Å². The Kier molecular flexibility index (Phi) is 7.94. The second-order valence-corrected chi connectivity index (χ2v) is 7.80. The number of rotatable bonds is 6. The number of carbonyl (C=O) groups is 2. The van der Waals surface area contributed by atoms with Crippen molar-refractivity contribution in [1.82, 2.24) is 5.32 Å². The first-order valence-corrected chi connectivity index (χ1v) is 10.6. The second kappa shape index (κ2) is 10.9. The molecule has 3 N–H and O–H groups in total. The van der Waals surface area contributed by atoms with Gasteiger partial charge in [-0.2, -0.15) is 13.2 Å². The molecule has 3 rings (SSSR count). The summed E-state index contributed by atoms with van der Waals surface area (Å²) in [5.41, 5.74) is 0.268. The smallest absolute Gasteiger partial charge is 0.336 e. The van der Waals surface area contributed by atoms with Crippen molar-refractivity contribution in [1.29, 1.82) is 0 Å². The van der Waals surface area contributed by atoms with Crippen LogP contribution in [0.5, 0.6) is 0 Å². The minimum atomic E-state index is -4.52. The second-order valence-electron chi connectivity index (χ2n) is 6.88. The van der Waals surface area contributed by atoms with Crippen LogP contribution in [0.2, 0.25) is 0 Å². The quantitative estimate of drug-likeness (QED) is 0.355. The molecule has 3 aromatic carbocycles. The molecule has 0 aliphatic heterocycles. The summed E-state index contributed by atoms with van der Waals surface area (Å²) in [5.74, 6) is 0. The van der Waals surface area contributed by atoms with Crippen molar-refractivity contribution in [3.05, 3.63) is 88.9 Å². The third-order valence-corrected chi connectivity index (χ3v) is 5.01. The van der Waals surface area contributed by atoms with Crippen LogP contribution >= 0.6 is 15.9 Å². The number of urea groups is 2. The molecule has 6 nitrogen and oxygen atoms in total. The molecule has 0 aliphatic rings. The SMILES string of the molecule is O=C(NCCN(C(=O)Nc1cccc(C(F)(F)F)c1)c1ccccc1)Nc1ccc(Br)cc1. The number of carbonyl (C=O) groups excluding carboxylic acids is 2. The molecular weight excluding hydrogens is 501 g/mol. The van der Waals surface area contributed by atoms with E-state index in [4.69, 9.17) is 0 Å². The summed E-state index contributed by atoms with van der Waals surface area (Å²) in [6.45, 7) is 0.190. The first-order valence-electron chi connectivity index (χ1n) is 9.83. The summed E-state index contributed by atoms with van der Waals surface area (Å²) < 4.78 is 39.8. The van der Waals surface area contributed by atoms with Crippen LogP contribution in [0.25, 0.3) is 0 Å². The third-order valence-electron chi connectivity index (χ3n) is 4.48. The number of amides is 4. The normalized spacial score (nSPS) is 10.9.